The maximum atomic E-state index is 12.7. The molecule has 6 nitrogen and oxygen atoms in total. The Bertz CT molecular complexity index is 1080. The quantitative estimate of drug-likeness (QED) is 0.697. The molecule has 1 amide bonds. The van der Waals surface area contributed by atoms with Crippen LogP contribution in [0.3, 0.4) is 0 Å². The molecule has 0 aliphatic heterocycles. The normalized spacial score (nSPS) is 11.6. The van der Waals surface area contributed by atoms with Crippen LogP contribution in [0.2, 0.25) is 0 Å². The Kier molecular flexibility index (Phi) is 4.74. The molecule has 0 unspecified atom stereocenters. The largest absolute Gasteiger partial charge is 0.506 e. The summed E-state index contributed by atoms with van der Waals surface area (Å²) in [5.74, 6) is 0.0391. The summed E-state index contributed by atoms with van der Waals surface area (Å²) in [6.07, 6.45) is 0. The molecule has 2 aromatic carbocycles. The van der Waals surface area contributed by atoms with Crippen LogP contribution < -0.4 is 10.9 Å². The van der Waals surface area contributed by atoms with E-state index in [0.29, 0.717) is 22.4 Å². The van der Waals surface area contributed by atoms with Crippen molar-refractivity contribution in [1.82, 2.24) is 9.55 Å². The average Bonchev–Trinajstić information content (AvgIpc) is 2.59. The molecule has 0 aliphatic rings. The number of para-hydroxylation sites is 1. The topological polar surface area (TPSA) is 84.2 Å². The van der Waals surface area contributed by atoms with E-state index in [1.54, 1.807) is 37.3 Å². The zero-order valence-corrected chi connectivity index (χ0v) is 15.9. The van der Waals surface area contributed by atoms with Gasteiger partial charge < -0.3 is 10.4 Å². The second-order valence-electron chi connectivity index (χ2n) is 7.60. The van der Waals surface area contributed by atoms with Crippen LogP contribution in [0, 0.1) is 6.92 Å². The molecule has 6 heteroatoms. The highest BCUT2D eigenvalue weighted by atomic mass is 16.3. The number of nitrogens with zero attached hydrogens (tertiary/aromatic N) is 2. The summed E-state index contributed by atoms with van der Waals surface area (Å²) in [6, 6.07) is 12.2. The van der Waals surface area contributed by atoms with Crippen LogP contribution in [-0.4, -0.2) is 20.6 Å². The van der Waals surface area contributed by atoms with Gasteiger partial charge in [-0.25, -0.2) is 4.98 Å². The molecule has 0 aliphatic carbocycles. The lowest BCUT2D eigenvalue weighted by atomic mass is 9.87. The Labute approximate surface area is 157 Å². The molecule has 3 rings (SSSR count). The lowest BCUT2D eigenvalue weighted by Gasteiger charge is -2.20. The summed E-state index contributed by atoms with van der Waals surface area (Å²) in [5, 5.41) is 13.2. The number of phenolic OH excluding ortho intramolecular Hbond substituents is 1. The van der Waals surface area contributed by atoms with Crippen molar-refractivity contribution in [2.24, 2.45) is 0 Å². The standard InChI is InChI=1S/C21H23N3O3/c1-13-22-16-8-6-5-7-15(16)20(27)24(13)12-19(26)23-17-11-14(21(2,3)4)9-10-18(17)25/h5-11,25H,12H2,1-4H3,(H,23,26). The summed E-state index contributed by atoms with van der Waals surface area (Å²) in [5.41, 5.74) is 1.53. The van der Waals surface area contributed by atoms with Gasteiger partial charge in [0.25, 0.3) is 5.56 Å². The fourth-order valence-corrected chi connectivity index (χ4v) is 2.90. The molecule has 0 atom stereocenters. The zero-order chi connectivity index (χ0) is 19.8. The van der Waals surface area contributed by atoms with Gasteiger partial charge >= 0.3 is 0 Å². The Balaban J connectivity index is 1.89. The van der Waals surface area contributed by atoms with Crippen molar-refractivity contribution in [2.75, 3.05) is 5.32 Å². The fourth-order valence-electron chi connectivity index (χ4n) is 2.90. The van der Waals surface area contributed by atoms with Crippen LogP contribution in [0.25, 0.3) is 10.9 Å². The minimum Gasteiger partial charge on any atom is -0.506 e. The van der Waals surface area contributed by atoms with E-state index in [0.717, 1.165) is 5.56 Å². The SMILES string of the molecule is Cc1nc2ccccc2c(=O)n1CC(=O)Nc1cc(C(C)(C)C)ccc1O. The van der Waals surface area contributed by atoms with Crippen LogP contribution in [0.15, 0.2) is 47.3 Å². The van der Waals surface area contributed by atoms with Crippen molar-refractivity contribution in [3.05, 3.63) is 64.2 Å². The zero-order valence-electron chi connectivity index (χ0n) is 15.9. The number of nitrogens with one attached hydrogen (secondary N) is 1. The number of aromatic hydroxyl groups is 1. The van der Waals surface area contributed by atoms with Crippen molar-refractivity contribution in [3.8, 4) is 5.75 Å². The minimum absolute atomic E-state index is 0.0166. The third kappa shape index (κ3) is 3.84. The second-order valence-corrected chi connectivity index (χ2v) is 7.60. The molecule has 2 N–H and O–H groups in total. The summed E-state index contributed by atoms with van der Waals surface area (Å²) in [7, 11) is 0. The molecule has 1 heterocycles. The van der Waals surface area contributed by atoms with Crippen LogP contribution in [0.1, 0.15) is 32.2 Å². The Morgan fingerprint density at radius 3 is 2.59 bits per heavy atom. The van der Waals surface area contributed by atoms with Crippen LogP contribution in [-0.2, 0) is 16.8 Å². The first kappa shape index (κ1) is 18.6. The van der Waals surface area contributed by atoms with Crippen molar-refractivity contribution in [3.63, 3.8) is 0 Å². The first-order chi connectivity index (χ1) is 12.7. The van der Waals surface area contributed by atoms with Crippen molar-refractivity contribution >= 4 is 22.5 Å². The van der Waals surface area contributed by atoms with Crippen LogP contribution in [0.5, 0.6) is 5.75 Å². The third-order valence-corrected chi connectivity index (χ3v) is 4.49. The number of amides is 1. The highest BCUT2D eigenvalue weighted by molar-refractivity contribution is 5.92. The second kappa shape index (κ2) is 6.87. The Hall–Kier alpha value is -3.15. The number of anilines is 1. The van der Waals surface area contributed by atoms with E-state index >= 15 is 0 Å². The molecule has 27 heavy (non-hydrogen) atoms. The van der Waals surface area contributed by atoms with Gasteiger partial charge in [0, 0.05) is 0 Å². The van der Waals surface area contributed by atoms with Crippen LogP contribution in [0.4, 0.5) is 5.69 Å². The van der Waals surface area contributed by atoms with E-state index < -0.39 is 5.91 Å². The Morgan fingerprint density at radius 1 is 1.19 bits per heavy atom. The number of carbonyl (C=O) groups is 1. The first-order valence-electron chi connectivity index (χ1n) is 8.76. The number of hydrogen-bond donors (Lipinski definition) is 2. The van der Waals surface area contributed by atoms with Gasteiger partial charge in [0.05, 0.1) is 16.6 Å². The van der Waals surface area contributed by atoms with E-state index in [-0.39, 0.29) is 23.3 Å². The maximum absolute atomic E-state index is 12.7. The van der Waals surface area contributed by atoms with Gasteiger partial charge in [-0.1, -0.05) is 39.0 Å². The van der Waals surface area contributed by atoms with Crippen molar-refractivity contribution in [2.45, 2.75) is 39.7 Å². The number of aromatic nitrogens is 2. The van der Waals surface area contributed by atoms with Gasteiger partial charge in [-0.3, -0.25) is 14.2 Å². The predicted molar refractivity (Wildman–Crippen MR) is 106 cm³/mol. The van der Waals surface area contributed by atoms with Gasteiger partial charge in [-0.05, 0) is 42.2 Å². The lowest BCUT2D eigenvalue weighted by Crippen LogP contribution is -2.30. The molecule has 0 radical (unpaired) electrons. The average molecular weight is 365 g/mol. The third-order valence-electron chi connectivity index (χ3n) is 4.49. The Morgan fingerprint density at radius 2 is 1.89 bits per heavy atom. The first-order valence-corrected chi connectivity index (χ1v) is 8.76. The number of rotatable bonds is 3. The predicted octanol–water partition coefficient (Wildman–Crippen LogP) is 3.35. The number of fused-ring (bicyclic) bond motifs is 1. The van der Waals surface area contributed by atoms with E-state index in [2.05, 4.69) is 31.1 Å². The molecule has 0 saturated heterocycles. The number of hydrogen-bond acceptors (Lipinski definition) is 4. The minimum atomic E-state index is -0.404. The smallest absolute Gasteiger partial charge is 0.261 e. The summed E-state index contributed by atoms with van der Waals surface area (Å²) in [6.45, 7) is 7.67. The number of carbonyl (C=O) groups excluding carboxylic acids is 1. The summed E-state index contributed by atoms with van der Waals surface area (Å²) >= 11 is 0. The number of benzene rings is 2. The van der Waals surface area contributed by atoms with Gasteiger partial charge in [0.2, 0.25) is 5.91 Å². The molecule has 0 fully saturated rings. The molecule has 0 saturated carbocycles. The molecule has 1 aromatic heterocycles. The molecule has 0 spiro atoms. The van der Waals surface area contributed by atoms with Gasteiger partial charge in [0.1, 0.15) is 18.1 Å². The van der Waals surface area contributed by atoms with E-state index in [1.807, 2.05) is 12.1 Å². The maximum Gasteiger partial charge on any atom is 0.261 e. The summed E-state index contributed by atoms with van der Waals surface area (Å²) < 4.78 is 1.34. The van der Waals surface area contributed by atoms with E-state index in [4.69, 9.17) is 0 Å². The molecular formula is C21H23N3O3. The molecule has 140 valence electrons. The van der Waals surface area contributed by atoms with Gasteiger partial charge in [-0.2, -0.15) is 0 Å². The van der Waals surface area contributed by atoms with Gasteiger partial charge in [0.15, 0.2) is 0 Å². The van der Waals surface area contributed by atoms with Crippen molar-refractivity contribution in [1.29, 1.82) is 0 Å². The van der Waals surface area contributed by atoms with E-state index in [9.17, 15) is 14.7 Å². The lowest BCUT2D eigenvalue weighted by molar-refractivity contribution is -0.116. The van der Waals surface area contributed by atoms with Crippen molar-refractivity contribution < 1.29 is 9.90 Å². The molecule has 0 bridgehead atoms. The fraction of sp³-hybridized carbons (Fsp3) is 0.286. The summed E-state index contributed by atoms with van der Waals surface area (Å²) in [4.78, 5) is 29.6. The number of aryl methyl sites for hydroxylation is 1. The highest BCUT2D eigenvalue weighted by Gasteiger charge is 2.17. The molecular weight excluding hydrogens is 342 g/mol. The van der Waals surface area contributed by atoms with Gasteiger partial charge in [-0.15, -0.1) is 0 Å². The highest BCUT2D eigenvalue weighted by Crippen LogP contribution is 2.30. The monoisotopic (exact) mass is 365 g/mol. The van der Waals surface area contributed by atoms with E-state index in [1.165, 1.54) is 4.57 Å². The number of phenols is 1. The molecule has 3 aromatic rings. The van der Waals surface area contributed by atoms with Crippen LogP contribution >= 0.6 is 0 Å².